The van der Waals surface area contributed by atoms with E-state index in [0.29, 0.717) is 13.0 Å². The Balaban J connectivity index is 1.93. The molecule has 4 heteroatoms. The Kier molecular flexibility index (Phi) is 4.04. The first kappa shape index (κ1) is 13.9. The van der Waals surface area contributed by atoms with Gasteiger partial charge in [-0.3, -0.25) is 4.79 Å². The Labute approximate surface area is 125 Å². The summed E-state index contributed by atoms with van der Waals surface area (Å²) in [5, 5.41) is 2.88. The molecule has 0 bridgehead atoms. The third-order valence-electron chi connectivity index (χ3n) is 3.99. The number of aromatic amines is 1. The lowest BCUT2D eigenvalue weighted by atomic mass is 10.1. The van der Waals surface area contributed by atoms with Crippen molar-refractivity contribution in [1.29, 1.82) is 0 Å². The number of nitrogens with one attached hydrogen (secondary N) is 2. The van der Waals surface area contributed by atoms with Gasteiger partial charge in [-0.2, -0.15) is 0 Å². The van der Waals surface area contributed by atoms with Crippen molar-refractivity contribution >= 4 is 5.91 Å². The van der Waals surface area contributed by atoms with Gasteiger partial charge in [0.2, 0.25) is 5.91 Å². The lowest BCUT2D eigenvalue weighted by Crippen LogP contribution is -2.13. The zero-order chi connectivity index (χ0) is 14.7. The number of rotatable bonds is 5. The second-order valence-corrected chi connectivity index (χ2v) is 5.62. The highest BCUT2D eigenvalue weighted by Gasteiger charge is 2.26. The second-order valence-electron chi connectivity index (χ2n) is 5.62. The molecular weight excluding hydrogens is 262 g/mol. The number of amides is 1. The van der Waals surface area contributed by atoms with E-state index in [9.17, 15) is 4.79 Å². The Morgan fingerprint density at radius 3 is 2.76 bits per heavy atom. The molecule has 1 aromatic heterocycles. The molecule has 1 amide bonds. The van der Waals surface area contributed by atoms with Crippen LogP contribution in [0.25, 0.3) is 11.3 Å². The number of carbonyl (C=O) groups excluding carboxylic acids is 1. The average molecular weight is 283 g/mol. The van der Waals surface area contributed by atoms with Crippen LogP contribution in [-0.2, 0) is 11.2 Å². The van der Waals surface area contributed by atoms with Gasteiger partial charge in [-0.05, 0) is 12.8 Å². The maximum atomic E-state index is 11.4. The molecule has 4 nitrogen and oxygen atoms in total. The Bertz CT molecular complexity index is 618. The second kappa shape index (κ2) is 6.12. The predicted octanol–water partition coefficient (Wildman–Crippen LogP) is 3.02. The Hall–Kier alpha value is -2.10. The quantitative estimate of drug-likeness (QED) is 0.886. The third kappa shape index (κ3) is 2.99. The number of H-pyrrole nitrogens is 1. The van der Waals surface area contributed by atoms with Crippen molar-refractivity contribution in [3.8, 4) is 11.3 Å². The molecule has 1 saturated heterocycles. The van der Waals surface area contributed by atoms with Crippen molar-refractivity contribution in [1.82, 2.24) is 15.3 Å². The summed E-state index contributed by atoms with van der Waals surface area (Å²) in [7, 11) is 0. The lowest BCUT2D eigenvalue weighted by Gasteiger charge is -2.01. The number of carbonyl (C=O) groups is 1. The molecule has 2 aromatic rings. The van der Waals surface area contributed by atoms with Gasteiger partial charge in [0.1, 0.15) is 5.82 Å². The van der Waals surface area contributed by atoms with E-state index in [-0.39, 0.29) is 11.8 Å². The largest absolute Gasteiger partial charge is 0.355 e. The van der Waals surface area contributed by atoms with Crippen LogP contribution in [0.15, 0.2) is 30.3 Å². The molecular formula is C17H21N3O. The average Bonchev–Trinajstić information content (AvgIpc) is 3.12. The topological polar surface area (TPSA) is 57.8 Å². The van der Waals surface area contributed by atoms with Crippen LogP contribution in [0.5, 0.6) is 0 Å². The van der Waals surface area contributed by atoms with E-state index in [4.69, 9.17) is 4.98 Å². The van der Waals surface area contributed by atoms with E-state index in [1.807, 2.05) is 18.2 Å². The van der Waals surface area contributed by atoms with Gasteiger partial charge in [0.15, 0.2) is 0 Å². The molecule has 0 aliphatic carbocycles. The van der Waals surface area contributed by atoms with Crippen LogP contribution in [0.1, 0.15) is 43.6 Å². The predicted molar refractivity (Wildman–Crippen MR) is 83.0 cm³/mol. The number of unbranched alkanes of at least 4 members (excludes halogenated alkanes) is 1. The SMILES string of the molecule is CCCCc1[nH]c([C@@H]2CNC(=O)C2)nc1-c1ccccc1. The maximum absolute atomic E-state index is 11.4. The van der Waals surface area contributed by atoms with Crippen LogP contribution in [0.2, 0.25) is 0 Å². The molecule has 1 aromatic carbocycles. The minimum Gasteiger partial charge on any atom is -0.355 e. The van der Waals surface area contributed by atoms with Crippen LogP contribution < -0.4 is 5.32 Å². The van der Waals surface area contributed by atoms with Crippen LogP contribution in [0, 0.1) is 0 Å². The fourth-order valence-corrected chi connectivity index (χ4v) is 2.79. The van der Waals surface area contributed by atoms with Crippen molar-refractivity contribution in [2.24, 2.45) is 0 Å². The number of benzene rings is 1. The molecule has 1 atom stereocenters. The fraction of sp³-hybridized carbons (Fsp3) is 0.412. The Morgan fingerprint density at radius 1 is 1.29 bits per heavy atom. The zero-order valence-electron chi connectivity index (χ0n) is 12.4. The van der Waals surface area contributed by atoms with E-state index in [1.54, 1.807) is 0 Å². The van der Waals surface area contributed by atoms with Gasteiger partial charge >= 0.3 is 0 Å². The van der Waals surface area contributed by atoms with Crippen molar-refractivity contribution in [3.63, 3.8) is 0 Å². The molecule has 1 fully saturated rings. The highest BCUT2D eigenvalue weighted by Crippen LogP contribution is 2.28. The molecule has 3 rings (SSSR count). The van der Waals surface area contributed by atoms with Gasteiger partial charge in [0.05, 0.1) is 5.69 Å². The van der Waals surface area contributed by atoms with Crippen LogP contribution in [0.4, 0.5) is 0 Å². The highest BCUT2D eigenvalue weighted by atomic mass is 16.1. The summed E-state index contributed by atoms with van der Waals surface area (Å²) in [5.74, 6) is 1.24. The number of imidazole rings is 1. The molecule has 0 spiro atoms. The van der Waals surface area contributed by atoms with E-state index in [1.165, 1.54) is 5.69 Å². The molecule has 2 heterocycles. The van der Waals surface area contributed by atoms with Crippen molar-refractivity contribution in [2.75, 3.05) is 6.54 Å². The van der Waals surface area contributed by atoms with Crippen molar-refractivity contribution in [2.45, 2.75) is 38.5 Å². The lowest BCUT2D eigenvalue weighted by molar-refractivity contribution is -0.119. The summed E-state index contributed by atoms with van der Waals surface area (Å²) >= 11 is 0. The molecule has 21 heavy (non-hydrogen) atoms. The van der Waals surface area contributed by atoms with Crippen molar-refractivity contribution < 1.29 is 4.79 Å². The summed E-state index contributed by atoms with van der Waals surface area (Å²) in [6.45, 7) is 2.88. The summed E-state index contributed by atoms with van der Waals surface area (Å²) in [5.41, 5.74) is 3.37. The van der Waals surface area contributed by atoms with Gasteiger partial charge in [-0.25, -0.2) is 4.98 Å². The summed E-state index contributed by atoms with van der Waals surface area (Å²) in [4.78, 5) is 19.7. The number of aryl methyl sites for hydroxylation is 1. The smallest absolute Gasteiger partial charge is 0.220 e. The molecule has 0 saturated carbocycles. The first-order valence-electron chi connectivity index (χ1n) is 7.68. The van der Waals surface area contributed by atoms with Gasteiger partial charge in [-0.1, -0.05) is 43.7 Å². The molecule has 1 aliphatic rings. The maximum Gasteiger partial charge on any atom is 0.220 e. The first-order valence-corrected chi connectivity index (χ1v) is 7.68. The summed E-state index contributed by atoms with van der Waals surface area (Å²) < 4.78 is 0. The molecule has 2 N–H and O–H groups in total. The van der Waals surface area contributed by atoms with E-state index in [0.717, 1.165) is 36.3 Å². The zero-order valence-corrected chi connectivity index (χ0v) is 12.4. The fourth-order valence-electron chi connectivity index (χ4n) is 2.79. The minimum absolute atomic E-state index is 0.118. The molecule has 0 radical (unpaired) electrons. The number of aromatic nitrogens is 2. The van der Waals surface area contributed by atoms with Crippen LogP contribution in [-0.4, -0.2) is 22.4 Å². The number of hydrogen-bond donors (Lipinski definition) is 2. The van der Waals surface area contributed by atoms with Gasteiger partial charge in [-0.15, -0.1) is 0 Å². The normalized spacial score (nSPS) is 18.0. The summed E-state index contributed by atoms with van der Waals surface area (Å²) in [6, 6.07) is 10.3. The van der Waals surface area contributed by atoms with Gasteiger partial charge in [0, 0.05) is 30.1 Å². The van der Waals surface area contributed by atoms with Crippen molar-refractivity contribution in [3.05, 3.63) is 41.9 Å². The highest BCUT2D eigenvalue weighted by molar-refractivity contribution is 5.79. The number of hydrogen-bond acceptors (Lipinski definition) is 2. The first-order chi connectivity index (χ1) is 10.3. The molecule has 1 aliphatic heterocycles. The number of nitrogens with zero attached hydrogens (tertiary/aromatic N) is 1. The van der Waals surface area contributed by atoms with Gasteiger partial charge < -0.3 is 10.3 Å². The third-order valence-corrected chi connectivity index (χ3v) is 3.99. The van der Waals surface area contributed by atoms with E-state index in [2.05, 4.69) is 29.4 Å². The monoisotopic (exact) mass is 283 g/mol. The van der Waals surface area contributed by atoms with Crippen LogP contribution >= 0.6 is 0 Å². The van der Waals surface area contributed by atoms with Gasteiger partial charge in [0.25, 0.3) is 0 Å². The van der Waals surface area contributed by atoms with E-state index >= 15 is 0 Å². The van der Waals surface area contributed by atoms with Crippen LogP contribution in [0.3, 0.4) is 0 Å². The molecule has 110 valence electrons. The minimum atomic E-state index is 0.118. The van der Waals surface area contributed by atoms with E-state index < -0.39 is 0 Å². The standard InChI is InChI=1S/C17H21N3O/c1-2-3-9-14-16(12-7-5-4-6-8-12)20-17(19-14)13-10-15(21)18-11-13/h4-8,13H,2-3,9-11H2,1H3,(H,18,21)(H,19,20)/t13-/m0/s1. The Morgan fingerprint density at radius 2 is 2.10 bits per heavy atom. The summed E-state index contributed by atoms with van der Waals surface area (Å²) in [6.07, 6.45) is 3.84. The molecule has 0 unspecified atom stereocenters.